The van der Waals surface area contributed by atoms with Gasteiger partial charge in [-0.2, -0.15) is 0 Å². The molecule has 0 radical (unpaired) electrons. The summed E-state index contributed by atoms with van der Waals surface area (Å²) in [6.07, 6.45) is 7.83. The predicted octanol–water partition coefficient (Wildman–Crippen LogP) is 5.50. The number of sulfonamides is 2. The number of methoxy groups -OCH3 is 1. The number of fused-ring (bicyclic) bond motifs is 7. The Morgan fingerprint density at radius 2 is 1.70 bits per heavy atom. The number of amides is 1. The van der Waals surface area contributed by atoms with Crippen molar-refractivity contribution in [2.24, 2.45) is 0 Å². The molecule has 0 spiro atoms. The van der Waals surface area contributed by atoms with Crippen molar-refractivity contribution < 1.29 is 26.4 Å². The zero-order valence-corrected chi connectivity index (χ0v) is 27.3. The molecule has 3 fully saturated rings. The number of nitrogens with zero attached hydrogens (tertiary/aromatic N) is 2. The lowest BCUT2D eigenvalue weighted by Gasteiger charge is -2.26. The maximum Gasteiger partial charge on any atom is 0.264 e. The standard InChI is InChI=1S/C33H41N3O6S2/c1-21(2)43(38,39)34-32(37)23-11-13-26-29(17-23)36-20-33(44(40,41)35-15-7-8-16-35)19-28(33)27-18-24(42-3)12-14-25(27)31(36)30(26)22-9-5-4-6-10-22/h11-14,17-18,21-22,28H,4-10,15-16,19-20H2,1-3H3,(H,34,37). The first-order valence-corrected chi connectivity index (χ1v) is 18.9. The van der Waals surface area contributed by atoms with Gasteiger partial charge in [0.05, 0.1) is 18.1 Å². The first kappa shape index (κ1) is 29.8. The van der Waals surface area contributed by atoms with Crippen LogP contribution >= 0.6 is 0 Å². The van der Waals surface area contributed by atoms with E-state index in [1.807, 2.05) is 18.2 Å². The average Bonchev–Trinajstić information content (AvgIpc) is 3.36. The van der Waals surface area contributed by atoms with Crippen molar-refractivity contribution in [1.82, 2.24) is 13.6 Å². The molecule has 2 unspecified atom stereocenters. The van der Waals surface area contributed by atoms with Crippen molar-refractivity contribution in [3.8, 4) is 17.0 Å². The molecule has 2 aromatic carbocycles. The third-order valence-electron chi connectivity index (χ3n) is 10.5. The van der Waals surface area contributed by atoms with Crippen LogP contribution in [0.2, 0.25) is 0 Å². The van der Waals surface area contributed by atoms with Gasteiger partial charge in [0, 0.05) is 47.6 Å². The number of hydrogen-bond donors (Lipinski definition) is 1. The second kappa shape index (κ2) is 10.6. The summed E-state index contributed by atoms with van der Waals surface area (Å²) < 4.78 is 64.8. The minimum Gasteiger partial charge on any atom is -0.497 e. The average molecular weight is 640 g/mol. The summed E-state index contributed by atoms with van der Waals surface area (Å²) in [6.45, 7) is 4.43. The molecule has 2 atom stereocenters. The van der Waals surface area contributed by atoms with E-state index in [0.29, 0.717) is 31.2 Å². The Hall–Kier alpha value is -2.89. The lowest BCUT2D eigenvalue weighted by Crippen LogP contribution is -2.41. The Balaban J connectivity index is 1.48. The molecule has 9 nitrogen and oxygen atoms in total. The fourth-order valence-electron chi connectivity index (χ4n) is 7.93. The van der Waals surface area contributed by atoms with Gasteiger partial charge >= 0.3 is 0 Å². The summed E-state index contributed by atoms with van der Waals surface area (Å²) in [5.74, 6) is 0.157. The zero-order valence-electron chi connectivity index (χ0n) is 25.6. The Morgan fingerprint density at radius 1 is 0.977 bits per heavy atom. The number of rotatable bonds is 7. The molecule has 236 valence electrons. The summed E-state index contributed by atoms with van der Waals surface area (Å²) in [5.41, 5.74) is 5.28. The summed E-state index contributed by atoms with van der Waals surface area (Å²) >= 11 is 0. The first-order valence-electron chi connectivity index (χ1n) is 15.9. The number of hydrogen-bond acceptors (Lipinski definition) is 6. The van der Waals surface area contributed by atoms with Crippen LogP contribution in [-0.4, -0.2) is 61.8 Å². The van der Waals surface area contributed by atoms with Gasteiger partial charge in [0.1, 0.15) is 10.5 Å². The molecule has 44 heavy (non-hydrogen) atoms. The van der Waals surface area contributed by atoms with Crippen LogP contribution in [0.15, 0.2) is 36.4 Å². The van der Waals surface area contributed by atoms with Crippen LogP contribution in [0.5, 0.6) is 5.75 Å². The van der Waals surface area contributed by atoms with Gasteiger partial charge in [-0.15, -0.1) is 0 Å². The monoisotopic (exact) mass is 639 g/mol. The molecule has 1 saturated heterocycles. The highest BCUT2D eigenvalue weighted by atomic mass is 32.2. The van der Waals surface area contributed by atoms with Crippen molar-refractivity contribution in [3.63, 3.8) is 0 Å². The van der Waals surface area contributed by atoms with E-state index in [2.05, 4.69) is 15.4 Å². The number of benzene rings is 2. The molecule has 2 aliphatic heterocycles. The van der Waals surface area contributed by atoms with Crippen LogP contribution in [0.25, 0.3) is 22.2 Å². The SMILES string of the molecule is COc1ccc2c(c1)C1CC1(S(=O)(=O)N1CCCC1)Cn1c-2c(C2CCCCC2)c2ccc(C(=O)NS(=O)(=O)C(C)C)cc21. The third kappa shape index (κ3) is 4.52. The van der Waals surface area contributed by atoms with Gasteiger partial charge < -0.3 is 9.30 Å². The number of carbonyl (C=O) groups excluding carboxylic acids is 1. The Morgan fingerprint density at radius 3 is 2.39 bits per heavy atom. The lowest BCUT2D eigenvalue weighted by atomic mass is 9.81. The van der Waals surface area contributed by atoms with Crippen LogP contribution in [0.4, 0.5) is 0 Å². The Kier molecular flexibility index (Phi) is 7.17. The molecule has 2 aliphatic carbocycles. The Bertz CT molecular complexity index is 1870. The smallest absolute Gasteiger partial charge is 0.264 e. The van der Waals surface area contributed by atoms with Crippen LogP contribution < -0.4 is 9.46 Å². The highest BCUT2D eigenvalue weighted by Crippen LogP contribution is 2.64. The van der Waals surface area contributed by atoms with Crippen LogP contribution in [-0.2, 0) is 26.6 Å². The van der Waals surface area contributed by atoms with Gasteiger partial charge in [0.2, 0.25) is 20.0 Å². The second-order valence-corrected chi connectivity index (χ2v) is 17.8. The molecule has 1 amide bonds. The van der Waals surface area contributed by atoms with Crippen molar-refractivity contribution >= 4 is 36.9 Å². The second-order valence-electron chi connectivity index (χ2n) is 13.3. The summed E-state index contributed by atoms with van der Waals surface area (Å²) in [6, 6.07) is 11.4. The summed E-state index contributed by atoms with van der Waals surface area (Å²) in [4.78, 5) is 13.3. The molecule has 7 rings (SSSR count). The molecule has 0 bridgehead atoms. The van der Waals surface area contributed by atoms with Crippen LogP contribution in [0.1, 0.15) is 98.5 Å². The molecule has 1 aromatic heterocycles. The van der Waals surface area contributed by atoms with Crippen LogP contribution in [0.3, 0.4) is 0 Å². The largest absolute Gasteiger partial charge is 0.497 e. The van der Waals surface area contributed by atoms with Crippen LogP contribution in [0, 0.1) is 0 Å². The number of aromatic nitrogens is 1. The van der Waals surface area contributed by atoms with E-state index in [1.54, 1.807) is 23.5 Å². The summed E-state index contributed by atoms with van der Waals surface area (Å²) in [5, 5.41) is 0.248. The molecule has 11 heteroatoms. The van der Waals surface area contributed by atoms with Crippen molar-refractivity contribution in [3.05, 3.63) is 53.1 Å². The van der Waals surface area contributed by atoms with E-state index in [4.69, 9.17) is 4.74 Å². The molecular weight excluding hydrogens is 599 g/mol. The molecular formula is C33H41N3O6S2. The fraction of sp³-hybridized carbons (Fsp3) is 0.545. The van der Waals surface area contributed by atoms with Gasteiger partial charge in [-0.1, -0.05) is 25.3 Å². The maximum atomic E-state index is 14.5. The van der Waals surface area contributed by atoms with Gasteiger partial charge in [0.15, 0.2) is 0 Å². The van der Waals surface area contributed by atoms with Crippen molar-refractivity contribution in [2.75, 3.05) is 20.2 Å². The maximum absolute atomic E-state index is 14.5. The van der Waals surface area contributed by atoms with Gasteiger partial charge in [-0.3, -0.25) is 4.79 Å². The Labute approximate surface area is 260 Å². The summed E-state index contributed by atoms with van der Waals surface area (Å²) in [7, 11) is -5.84. The van der Waals surface area contributed by atoms with Gasteiger partial charge in [0.25, 0.3) is 5.91 Å². The number of carbonyl (C=O) groups is 1. The van der Waals surface area contributed by atoms with E-state index in [0.717, 1.165) is 66.2 Å². The van der Waals surface area contributed by atoms with E-state index < -0.39 is 36.0 Å². The highest BCUT2D eigenvalue weighted by Gasteiger charge is 2.67. The molecule has 3 aromatic rings. The zero-order chi connectivity index (χ0) is 31.0. The van der Waals surface area contributed by atoms with E-state index >= 15 is 0 Å². The minimum atomic E-state index is -3.82. The molecule has 1 N–H and O–H groups in total. The number of ether oxygens (including phenoxy) is 1. The van der Waals surface area contributed by atoms with E-state index in [1.165, 1.54) is 25.8 Å². The van der Waals surface area contributed by atoms with Gasteiger partial charge in [-0.05, 0) is 93.3 Å². The third-order valence-corrected chi connectivity index (χ3v) is 14.9. The lowest BCUT2D eigenvalue weighted by molar-refractivity contribution is 0.0981. The number of nitrogens with one attached hydrogen (secondary N) is 1. The topological polar surface area (TPSA) is 115 Å². The molecule has 2 saturated carbocycles. The minimum absolute atomic E-state index is 0.171. The normalized spacial score (nSPS) is 24.0. The van der Waals surface area contributed by atoms with E-state index in [9.17, 15) is 21.6 Å². The predicted molar refractivity (Wildman–Crippen MR) is 171 cm³/mol. The van der Waals surface area contributed by atoms with Crippen molar-refractivity contribution in [1.29, 1.82) is 0 Å². The molecule has 3 heterocycles. The quantitative estimate of drug-likeness (QED) is 0.365. The van der Waals surface area contributed by atoms with Gasteiger partial charge in [-0.25, -0.2) is 25.9 Å². The fourth-order valence-corrected chi connectivity index (χ4v) is 11.0. The highest BCUT2D eigenvalue weighted by molar-refractivity contribution is 7.91. The van der Waals surface area contributed by atoms with E-state index in [-0.39, 0.29) is 18.0 Å². The van der Waals surface area contributed by atoms with Crippen molar-refractivity contribution in [2.45, 2.75) is 93.6 Å². The first-order chi connectivity index (χ1) is 21.0. The molecule has 4 aliphatic rings.